The SMILES string of the molecule is CN1CCCC1COc1nc2c(c(N3CC4CCC3CN4)n1)CCN(c1cc(O)cc3ccccc13)C2. The zero-order valence-corrected chi connectivity index (χ0v) is 21.6. The highest BCUT2D eigenvalue weighted by molar-refractivity contribution is 5.95. The van der Waals surface area contributed by atoms with Crippen molar-refractivity contribution in [2.75, 3.05) is 49.6 Å². The molecule has 5 aliphatic rings. The predicted molar refractivity (Wildman–Crippen MR) is 146 cm³/mol. The molecule has 0 aliphatic carbocycles. The molecular weight excluding hydrogens is 464 g/mol. The maximum Gasteiger partial charge on any atom is 0.318 e. The van der Waals surface area contributed by atoms with E-state index in [4.69, 9.17) is 14.7 Å². The molecule has 6 heterocycles. The number of rotatable bonds is 5. The highest BCUT2D eigenvalue weighted by atomic mass is 16.5. The van der Waals surface area contributed by atoms with Crippen LogP contribution in [0.4, 0.5) is 11.5 Å². The van der Waals surface area contributed by atoms with Crippen molar-refractivity contribution in [3.05, 3.63) is 47.7 Å². The number of hydrogen-bond donors (Lipinski definition) is 2. The van der Waals surface area contributed by atoms with Crippen LogP contribution in [0, 0.1) is 0 Å². The molecule has 2 aromatic carbocycles. The van der Waals surface area contributed by atoms with Crippen molar-refractivity contribution in [3.8, 4) is 11.8 Å². The standard InChI is InChI=1S/C29H36N6O2/c1-33-11-4-6-22(33)18-37-29-31-26-17-34(27-14-23(36)13-19-5-2-3-7-24(19)27)12-10-25(26)28(32-29)35-16-20-8-9-21(35)15-30-20/h2-3,5,7,13-14,20-22,30,36H,4,6,8-12,15-18H2,1H3. The summed E-state index contributed by atoms with van der Waals surface area (Å²) >= 11 is 0. The highest BCUT2D eigenvalue weighted by Gasteiger charge is 2.37. The first-order chi connectivity index (χ1) is 18.1. The number of aromatic hydroxyl groups is 1. The van der Waals surface area contributed by atoms with Crippen molar-refractivity contribution in [1.29, 1.82) is 0 Å². The number of likely N-dealkylation sites (tertiary alicyclic amines) is 1. The molecule has 3 unspecified atom stereocenters. The summed E-state index contributed by atoms with van der Waals surface area (Å²) < 4.78 is 6.30. The monoisotopic (exact) mass is 500 g/mol. The third kappa shape index (κ3) is 4.26. The van der Waals surface area contributed by atoms with E-state index in [2.05, 4.69) is 45.3 Å². The van der Waals surface area contributed by atoms with Crippen molar-refractivity contribution in [2.24, 2.45) is 0 Å². The molecule has 8 heteroatoms. The largest absolute Gasteiger partial charge is 0.508 e. The lowest BCUT2D eigenvalue weighted by Crippen LogP contribution is -2.61. The quantitative estimate of drug-likeness (QED) is 0.553. The smallest absolute Gasteiger partial charge is 0.318 e. The van der Waals surface area contributed by atoms with Gasteiger partial charge < -0.3 is 29.9 Å². The van der Waals surface area contributed by atoms with Crippen molar-refractivity contribution in [3.63, 3.8) is 0 Å². The van der Waals surface area contributed by atoms with E-state index in [1.165, 1.54) is 24.8 Å². The second-order valence-electron chi connectivity index (χ2n) is 11.2. The van der Waals surface area contributed by atoms with Crippen LogP contribution in [-0.4, -0.2) is 77.9 Å². The fraction of sp³-hybridized carbons (Fsp3) is 0.517. The van der Waals surface area contributed by atoms with E-state index in [0.29, 0.717) is 43.0 Å². The molecule has 2 N–H and O–H groups in total. The van der Waals surface area contributed by atoms with Gasteiger partial charge in [-0.15, -0.1) is 0 Å². The summed E-state index contributed by atoms with van der Waals surface area (Å²) in [6.07, 6.45) is 5.71. The van der Waals surface area contributed by atoms with Crippen LogP contribution in [0.2, 0.25) is 0 Å². The molecule has 3 atom stereocenters. The third-order valence-corrected chi connectivity index (χ3v) is 8.88. The Bertz CT molecular complexity index is 1310. The first-order valence-electron chi connectivity index (χ1n) is 13.8. The van der Waals surface area contributed by atoms with Gasteiger partial charge in [-0.1, -0.05) is 24.3 Å². The Kier molecular flexibility index (Phi) is 5.81. The van der Waals surface area contributed by atoms with Gasteiger partial charge in [0.25, 0.3) is 0 Å². The number of phenolic OH excluding ortho intramolecular Hbond substituents is 1. The van der Waals surface area contributed by atoms with Crippen LogP contribution >= 0.6 is 0 Å². The Morgan fingerprint density at radius 1 is 1.11 bits per heavy atom. The first kappa shape index (κ1) is 23.0. The van der Waals surface area contributed by atoms with Crippen LogP contribution in [0.1, 0.15) is 36.9 Å². The van der Waals surface area contributed by atoms with Crippen LogP contribution in [0.5, 0.6) is 11.8 Å². The minimum Gasteiger partial charge on any atom is -0.508 e. The zero-order valence-electron chi connectivity index (χ0n) is 21.6. The molecule has 1 aromatic heterocycles. The second kappa shape index (κ2) is 9.33. The summed E-state index contributed by atoms with van der Waals surface area (Å²) in [6.45, 7) is 5.32. The topological polar surface area (TPSA) is 77.0 Å². The van der Waals surface area contributed by atoms with Crippen molar-refractivity contribution in [1.82, 2.24) is 20.2 Å². The Hall–Kier alpha value is -3.10. The molecule has 8 rings (SSSR count). The van der Waals surface area contributed by atoms with Gasteiger partial charge in [-0.25, -0.2) is 0 Å². The fourth-order valence-corrected chi connectivity index (χ4v) is 6.76. The van der Waals surface area contributed by atoms with Gasteiger partial charge in [0.1, 0.15) is 18.2 Å². The van der Waals surface area contributed by atoms with Gasteiger partial charge in [-0.2, -0.15) is 9.97 Å². The second-order valence-corrected chi connectivity index (χ2v) is 11.2. The number of fused-ring (bicyclic) bond motifs is 5. The number of anilines is 2. The Labute approximate surface area is 218 Å². The average Bonchev–Trinajstić information content (AvgIpc) is 3.35. The maximum atomic E-state index is 10.5. The lowest BCUT2D eigenvalue weighted by atomic mass is 9.92. The minimum atomic E-state index is 0.296. The molecule has 0 saturated carbocycles. The number of piperazine rings is 1. The lowest BCUT2D eigenvalue weighted by Gasteiger charge is -2.47. The fourth-order valence-electron chi connectivity index (χ4n) is 6.76. The molecular formula is C29H36N6O2. The first-order valence-corrected chi connectivity index (χ1v) is 13.8. The molecule has 2 bridgehead atoms. The normalized spacial score (nSPS) is 25.6. The van der Waals surface area contributed by atoms with E-state index in [0.717, 1.165) is 67.0 Å². The summed E-state index contributed by atoms with van der Waals surface area (Å²) in [5.74, 6) is 1.38. The third-order valence-electron chi connectivity index (χ3n) is 8.88. The van der Waals surface area contributed by atoms with E-state index < -0.39 is 0 Å². The van der Waals surface area contributed by atoms with Crippen LogP contribution in [0.15, 0.2) is 36.4 Å². The van der Waals surface area contributed by atoms with E-state index in [9.17, 15) is 5.11 Å². The predicted octanol–water partition coefficient (Wildman–Crippen LogP) is 3.31. The maximum absolute atomic E-state index is 10.5. The van der Waals surface area contributed by atoms with Crippen molar-refractivity contribution in [2.45, 2.75) is 56.8 Å². The number of nitrogens with zero attached hydrogens (tertiary/aromatic N) is 5. The molecule has 0 radical (unpaired) electrons. The molecule has 4 saturated heterocycles. The summed E-state index contributed by atoms with van der Waals surface area (Å²) in [4.78, 5) is 17.3. The van der Waals surface area contributed by atoms with E-state index in [1.807, 2.05) is 18.2 Å². The number of likely N-dealkylation sites (N-methyl/N-ethyl adjacent to an activating group) is 1. The van der Waals surface area contributed by atoms with E-state index >= 15 is 0 Å². The van der Waals surface area contributed by atoms with Gasteiger partial charge in [-0.3, -0.25) is 0 Å². The summed E-state index contributed by atoms with van der Waals surface area (Å²) in [5, 5.41) is 16.3. The van der Waals surface area contributed by atoms with E-state index in [1.54, 1.807) is 0 Å². The molecule has 4 fully saturated rings. The number of nitrogens with one attached hydrogen (secondary N) is 1. The summed E-state index contributed by atoms with van der Waals surface area (Å²) in [5.41, 5.74) is 3.36. The van der Waals surface area contributed by atoms with Crippen LogP contribution in [-0.2, 0) is 13.0 Å². The molecule has 0 amide bonds. The summed E-state index contributed by atoms with van der Waals surface area (Å²) in [7, 11) is 2.18. The molecule has 194 valence electrons. The number of phenols is 1. The van der Waals surface area contributed by atoms with Crippen molar-refractivity contribution < 1.29 is 9.84 Å². The number of piperidine rings is 2. The Morgan fingerprint density at radius 2 is 2.03 bits per heavy atom. The number of benzene rings is 2. The minimum absolute atomic E-state index is 0.296. The van der Waals surface area contributed by atoms with Crippen molar-refractivity contribution >= 4 is 22.3 Å². The zero-order chi connectivity index (χ0) is 24.9. The Balaban J connectivity index is 1.24. The van der Waals surface area contributed by atoms with E-state index in [-0.39, 0.29) is 0 Å². The lowest BCUT2D eigenvalue weighted by molar-refractivity contribution is 0.187. The van der Waals surface area contributed by atoms with Crippen LogP contribution in [0.25, 0.3) is 10.8 Å². The van der Waals surface area contributed by atoms with Gasteiger partial charge in [-0.05, 0) is 57.1 Å². The van der Waals surface area contributed by atoms with Gasteiger partial charge in [0.15, 0.2) is 0 Å². The Morgan fingerprint density at radius 3 is 2.81 bits per heavy atom. The number of hydrogen-bond acceptors (Lipinski definition) is 8. The van der Waals surface area contributed by atoms with Gasteiger partial charge in [0, 0.05) is 60.5 Å². The number of aromatic nitrogens is 2. The average molecular weight is 501 g/mol. The van der Waals surface area contributed by atoms with Crippen LogP contribution in [0.3, 0.4) is 0 Å². The molecule has 3 aromatic rings. The highest BCUT2D eigenvalue weighted by Crippen LogP contribution is 2.38. The molecule has 5 aliphatic heterocycles. The molecule has 8 nitrogen and oxygen atoms in total. The summed E-state index contributed by atoms with van der Waals surface area (Å²) in [6, 6.07) is 13.9. The van der Waals surface area contributed by atoms with Gasteiger partial charge >= 0.3 is 6.01 Å². The number of ether oxygens (including phenoxy) is 1. The molecule has 0 spiro atoms. The van der Waals surface area contributed by atoms with Crippen LogP contribution < -0.4 is 19.9 Å². The van der Waals surface area contributed by atoms with Gasteiger partial charge in [0.2, 0.25) is 0 Å². The molecule has 37 heavy (non-hydrogen) atoms. The van der Waals surface area contributed by atoms with Gasteiger partial charge in [0.05, 0.1) is 12.2 Å².